The van der Waals surface area contributed by atoms with Gasteiger partial charge in [0.15, 0.2) is 5.82 Å². The van der Waals surface area contributed by atoms with Gasteiger partial charge in [-0.05, 0) is 0 Å². The molecule has 0 atom stereocenters. The van der Waals surface area contributed by atoms with E-state index in [4.69, 9.17) is 0 Å². The molecule has 4 heteroatoms. The van der Waals surface area contributed by atoms with Crippen molar-refractivity contribution in [3.05, 3.63) is 31.0 Å². The van der Waals surface area contributed by atoms with Crippen LogP contribution in [0.4, 0.5) is 5.82 Å². The van der Waals surface area contributed by atoms with Crippen LogP contribution in [-0.4, -0.2) is 28.5 Å². The summed E-state index contributed by atoms with van der Waals surface area (Å²) in [6, 6.07) is 0. The molecule has 14 heavy (non-hydrogen) atoms. The lowest BCUT2D eigenvalue weighted by Crippen LogP contribution is -2.34. The summed E-state index contributed by atoms with van der Waals surface area (Å²) in [5.74, 6) is 1.81. The van der Waals surface area contributed by atoms with E-state index in [9.17, 15) is 0 Å². The van der Waals surface area contributed by atoms with E-state index in [0.717, 1.165) is 23.0 Å². The first-order valence-electron chi connectivity index (χ1n) is 4.41. The van der Waals surface area contributed by atoms with Crippen molar-refractivity contribution in [2.24, 2.45) is 7.05 Å². The molecule has 74 valence electrons. The number of hydrogen-bond donors (Lipinski definition) is 0. The molecular formula is C10H14N4. The van der Waals surface area contributed by atoms with Crippen LogP contribution < -0.4 is 4.90 Å². The molecule has 0 amide bonds. The predicted molar refractivity (Wildman–Crippen MR) is 57.5 cm³/mol. The second kappa shape index (κ2) is 2.64. The summed E-state index contributed by atoms with van der Waals surface area (Å²) in [5, 5.41) is 0. The van der Waals surface area contributed by atoms with Gasteiger partial charge in [0.25, 0.3) is 0 Å². The van der Waals surface area contributed by atoms with Crippen LogP contribution in [0.1, 0.15) is 5.69 Å². The molecule has 1 aliphatic heterocycles. The van der Waals surface area contributed by atoms with Crippen LogP contribution in [-0.2, 0) is 7.05 Å². The minimum atomic E-state index is 0.890. The van der Waals surface area contributed by atoms with Crippen molar-refractivity contribution in [2.45, 2.75) is 0 Å². The Bertz CT molecular complexity index is 416. The van der Waals surface area contributed by atoms with Crippen molar-refractivity contribution >= 4 is 11.5 Å². The SMILES string of the molecule is C=C1c2c(ncn2C)N(C)C(=C)N1C. The molecule has 0 aliphatic carbocycles. The summed E-state index contributed by atoms with van der Waals surface area (Å²) < 4.78 is 1.97. The molecule has 1 aromatic rings. The maximum absolute atomic E-state index is 4.31. The second-order valence-corrected chi connectivity index (χ2v) is 3.51. The zero-order valence-corrected chi connectivity index (χ0v) is 8.78. The van der Waals surface area contributed by atoms with Gasteiger partial charge in [-0.15, -0.1) is 0 Å². The lowest BCUT2D eigenvalue weighted by Gasteiger charge is -2.35. The molecular weight excluding hydrogens is 176 g/mol. The van der Waals surface area contributed by atoms with E-state index in [1.807, 2.05) is 35.5 Å². The Morgan fingerprint density at radius 2 is 1.79 bits per heavy atom. The number of fused-ring (bicyclic) bond motifs is 1. The third kappa shape index (κ3) is 0.907. The third-order valence-electron chi connectivity index (χ3n) is 2.69. The fraction of sp³-hybridized carbons (Fsp3) is 0.300. The Hall–Kier alpha value is -1.71. The Morgan fingerprint density at radius 1 is 1.14 bits per heavy atom. The zero-order chi connectivity index (χ0) is 10.5. The van der Waals surface area contributed by atoms with Crippen LogP contribution >= 0.6 is 0 Å². The monoisotopic (exact) mass is 190 g/mol. The molecule has 0 unspecified atom stereocenters. The topological polar surface area (TPSA) is 24.3 Å². The van der Waals surface area contributed by atoms with Gasteiger partial charge in [-0.2, -0.15) is 0 Å². The van der Waals surface area contributed by atoms with E-state index in [1.165, 1.54) is 0 Å². The maximum Gasteiger partial charge on any atom is 0.161 e. The number of anilines is 1. The first-order valence-corrected chi connectivity index (χ1v) is 4.41. The normalized spacial score (nSPS) is 16.2. The number of aromatic nitrogens is 2. The van der Waals surface area contributed by atoms with E-state index in [1.54, 1.807) is 6.33 Å². The van der Waals surface area contributed by atoms with Crippen molar-refractivity contribution in [1.29, 1.82) is 0 Å². The van der Waals surface area contributed by atoms with Gasteiger partial charge >= 0.3 is 0 Å². The minimum Gasteiger partial charge on any atom is -0.331 e. The lowest BCUT2D eigenvalue weighted by atomic mass is 10.2. The minimum absolute atomic E-state index is 0.890. The van der Waals surface area contributed by atoms with Crippen molar-refractivity contribution in [3.63, 3.8) is 0 Å². The molecule has 0 N–H and O–H groups in total. The molecule has 0 aromatic carbocycles. The Kier molecular flexibility index (Phi) is 1.67. The third-order valence-corrected chi connectivity index (χ3v) is 2.69. The molecule has 1 aromatic heterocycles. The van der Waals surface area contributed by atoms with Gasteiger partial charge in [0, 0.05) is 21.1 Å². The van der Waals surface area contributed by atoms with Crippen LogP contribution in [0.3, 0.4) is 0 Å². The number of hydrogen-bond acceptors (Lipinski definition) is 3. The molecule has 2 rings (SSSR count). The summed E-state index contributed by atoms with van der Waals surface area (Å²) in [6.07, 6.45) is 1.79. The number of imidazole rings is 1. The van der Waals surface area contributed by atoms with Crippen LogP contribution in [0.25, 0.3) is 5.70 Å². The summed E-state index contributed by atoms with van der Waals surface area (Å²) in [5.41, 5.74) is 1.98. The average molecular weight is 190 g/mol. The van der Waals surface area contributed by atoms with Gasteiger partial charge in [0.2, 0.25) is 0 Å². The largest absolute Gasteiger partial charge is 0.331 e. The quantitative estimate of drug-likeness (QED) is 0.615. The first kappa shape index (κ1) is 8.87. The highest BCUT2D eigenvalue weighted by Gasteiger charge is 2.27. The van der Waals surface area contributed by atoms with Gasteiger partial charge < -0.3 is 14.4 Å². The zero-order valence-electron chi connectivity index (χ0n) is 8.78. The van der Waals surface area contributed by atoms with E-state index < -0.39 is 0 Å². The molecule has 2 heterocycles. The van der Waals surface area contributed by atoms with Crippen LogP contribution in [0.15, 0.2) is 25.3 Å². The lowest BCUT2D eigenvalue weighted by molar-refractivity contribution is 0.557. The van der Waals surface area contributed by atoms with Crippen molar-refractivity contribution in [1.82, 2.24) is 14.5 Å². The van der Waals surface area contributed by atoms with Crippen LogP contribution in [0.2, 0.25) is 0 Å². The van der Waals surface area contributed by atoms with Gasteiger partial charge in [0.1, 0.15) is 11.5 Å². The Balaban J connectivity index is 2.64. The molecule has 0 saturated carbocycles. The highest BCUT2D eigenvalue weighted by Crippen LogP contribution is 2.34. The molecule has 0 bridgehead atoms. The first-order chi connectivity index (χ1) is 6.54. The molecule has 0 fully saturated rings. The maximum atomic E-state index is 4.31. The van der Waals surface area contributed by atoms with Gasteiger partial charge in [-0.3, -0.25) is 0 Å². The van der Waals surface area contributed by atoms with E-state index in [-0.39, 0.29) is 0 Å². The molecule has 4 nitrogen and oxygen atoms in total. The molecule has 0 saturated heterocycles. The van der Waals surface area contributed by atoms with Crippen LogP contribution in [0.5, 0.6) is 0 Å². The standard InChI is InChI=1S/C10H14N4/c1-7-9-10(11-6-12(9)3)14(5)8(2)13(7)4/h6H,1-2H2,3-5H3. The highest BCUT2D eigenvalue weighted by molar-refractivity contribution is 5.75. The van der Waals surface area contributed by atoms with E-state index in [2.05, 4.69) is 18.1 Å². The average Bonchev–Trinajstić information content (AvgIpc) is 2.54. The Labute approximate surface area is 83.8 Å². The number of aryl methyl sites for hydroxylation is 1. The fourth-order valence-corrected chi connectivity index (χ4v) is 1.66. The summed E-state index contributed by atoms with van der Waals surface area (Å²) >= 11 is 0. The molecule has 0 spiro atoms. The second-order valence-electron chi connectivity index (χ2n) is 3.51. The number of nitrogens with zero attached hydrogens (tertiary/aromatic N) is 4. The Morgan fingerprint density at radius 3 is 2.43 bits per heavy atom. The van der Waals surface area contributed by atoms with Crippen molar-refractivity contribution in [2.75, 3.05) is 19.0 Å². The molecule has 0 radical (unpaired) electrons. The predicted octanol–water partition coefficient (Wildman–Crippen LogP) is 1.24. The van der Waals surface area contributed by atoms with E-state index in [0.29, 0.717) is 0 Å². The highest BCUT2D eigenvalue weighted by atomic mass is 15.4. The smallest absolute Gasteiger partial charge is 0.161 e. The summed E-state index contributed by atoms with van der Waals surface area (Å²) in [4.78, 5) is 8.24. The van der Waals surface area contributed by atoms with Crippen LogP contribution in [0, 0.1) is 0 Å². The summed E-state index contributed by atoms with van der Waals surface area (Å²) in [7, 11) is 5.88. The summed E-state index contributed by atoms with van der Waals surface area (Å²) in [6.45, 7) is 8.01. The number of rotatable bonds is 0. The van der Waals surface area contributed by atoms with Gasteiger partial charge in [0.05, 0.1) is 12.0 Å². The van der Waals surface area contributed by atoms with Crippen molar-refractivity contribution in [3.8, 4) is 0 Å². The van der Waals surface area contributed by atoms with Crippen molar-refractivity contribution < 1.29 is 0 Å². The van der Waals surface area contributed by atoms with Gasteiger partial charge in [-0.1, -0.05) is 13.2 Å². The van der Waals surface area contributed by atoms with E-state index >= 15 is 0 Å². The molecule has 1 aliphatic rings. The fourth-order valence-electron chi connectivity index (χ4n) is 1.66. The van der Waals surface area contributed by atoms with Gasteiger partial charge in [-0.25, -0.2) is 4.98 Å².